The topological polar surface area (TPSA) is 21.7 Å². The highest BCUT2D eigenvalue weighted by Crippen LogP contribution is 2.22. The van der Waals surface area contributed by atoms with E-state index in [2.05, 4.69) is 0 Å². The average molecular weight is 276 g/mol. The van der Waals surface area contributed by atoms with E-state index < -0.39 is 12.4 Å². The molecule has 0 aromatic heterocycles. The molecule has 0 N–H and O–H groups in total. The Labute approximate surface area is 111 Å². The lowest BCUT2D eigenvalue weighted by Gasteiger charge is -2.21. The van der Waals surface area contributed by atoms with Crippen LogP contribution in [0.15, 0.2) is 18.2 Å². The minimum atomic E-state index is -5.11. The molecule has 0 aliphatic rings. The van der Waals surface area contributed by atoms with Crippen LogP contribution in [0, 0.1) is 0 Å². The van der Waals surface area contributed by atoms with Gasteiger partial charge in [0.25, 0.3) is 0 Å². The smallest absolute Gasteiger partial charge is 0.497 e. The molecule has 3 nitrogen and oxygen atoms in total. The maximum absolute atomic E-state index is 12.9. The van der Waals surface area contributed by atoms with Crippen molar-refractivity contribution in [3.05, 3.63) is 18.2 Å². The zero-order valence-electron chi connectivity index (χ0n) is 11.3. The Bertz CT molecular complexity index is 410. The van der Waals surface area contributed by atoms with E-state index >= 15 is 0 Å². The molecule has 7 heteroatoms. The summed E-state index contributed by atoms with van der Waals surface area (Å²) in [7, 11) is 5.13. The molecule has 1 aromatic carbocycles. The third kappa shape index (κ3) is 5.02. The summed E-state index contributed by atoms with van der Waals surface area (Å²) >= 11 is 0. The second-order valence-electron chi connectivity index (χ2n) is 4.48. The highest BCUT2D eigenvalue weighted by atomic mass is 19.4. The molecule has 19 heavy (non-hydrogen) atoms. The van der Waals surface area contributed by atoms with Crippen molar-refractivity contribution in [1.82, 2.24) is 4.90 Å². The number of nitrogens with zero attached hydrogens (tertiary/aromatic N) is 1. The second-order valence-corrected chi connectivity index (χ2v) is 4.48. The summed E-state index contributed by atoms with van der Waals surface area (Å²) in [6.07, 6.45) is 0.670. The van der Waals surface area contributed by atoms with Crippen molar-refractivity contribution >= 4 is 12.4 Å². The fourth-order valence-electron chi connectivity index (χ4n) is 1.60. The number of benzene rings is 1. The molecule has 0 aliphatic carbocycles. The van der Waals surface area contributed by atoms with E-state index in [0.29, 0.717) is 6.42 Å². The molecule has 1 aromatic rings. The molecule has 0 saturated carbocycles. The Morgan fingerprint density at radius 3 is 2.42 bits per heavy atom. The van der Waals surface area contributed by atoms with Crippen LogP contribution in [0.1, 0.15) is 6.42 Å². The second kappa shape index (κ2) is 6.70. The van der Waals surface area contributed by atoms with Gasteiger partial charge in [0.1, 0.15) is 5.75 Å². The summed E-state index contributed by atoms with van der Waals surface area (Å²) in [5, 5.41) is 0. The predicted molar refractivity (Wildman–Crippen MR) is 70.4 cm³/mol. The van der Waals surface area contributed by atoms with E-state index in [1.165, 1.54) is 19.2 Å². The minimum Gasteiger partial charge on any atom is -0.497 e. The summed E-state index contributed by atoms with van der Waals surface area (Å²) < 4.78 is 48.8. The van der Waals surface area contributed by atoms with E-state index in [1.807, 2.05) is 19.0 Å². The first-order valence-corrected chi connectivity index (χ1v) is 6.00. The lowest BCUT2D eigenvalue weighted by Crippen LogP contribution is -2.35. The quantitative estimate of drug-likeness (QED) is 0.562. The highest BCUT2D eigenvalue weighted by molar-refractivity contribution is 6.74. The summed E-state index contributed by atoms with van der Waals surface area (Å²) in [6.45, 7) is -4.09. The first kappa shape index (κ1) is 15.7. The van der Waals surface area contributed by atoms with E-state index in [9.17, 15) is 12.9 Å². The predicted octanol–water partition coefficient (Wildman–Crippen LogP) is 2.08. The molecule has 1 rings (SSSR count). The zero-order valence-corrected chi connectivity index (χ0v) is 11.3. The van der Waals surface area contributed by atoms with Gasteiger partial charge >= 0.3 is 6.98 Å². The van der Waals surface area contributed by atoms with E-state index in [0.717, 1.165) is 12.6 Å². The molecule has 0 spiro atoms. The molecule has 0 amide bonds. The lowest BCUT2D eigenvalue weighted by molar-refractivity contribution is 0.282. The van der Waals surface area contributed by atoms with E-state index in [-0.39, 0.29) is 18.1 Å². The standard InChI is InChI=1S/C12H18BF3NO2/c1-17(2)7-4-8-19-12-6-5-10(18-3)9-11(12)13(14,15)16/h5-6,9H,4,7-8H2,1-3H3/q-1. The molecular formula is C12H18BF3NO2-. The van der Waals surface area contributed by atoms with Gasteiger partial charge < -0.3 is 27.3 Å². The normalized spacial score (nSPS) is 11.7. The monoisotopic (exact) mass is 276 g/mol. The molecule has 0 heterocycles. The number of methoxy groups -OCH3 is 1. The molecule has 0 aliphatic heterocycles. The first-order chi connectivity index (χ1) is 8.84. The van der Waals surface area contributed by atoms with Gasteiger partial charge in [0.15, 0.2) is 0 Å². The van der Waals surface area contributed by atoms with Gasteiger partial charge in [-0.1, -0.05) is 5.46 Å². The first-order valence-electron chi connectivity index (χ1n) is 6.00. The number of halogens is 3. The van der Waals surface area contributed by atoms with Crippen LogP contribution in [-0.4, -0.2) is 46.2 Å². The number of rotatable bonds is 7. The fourth-order valence-corrected chi connectivity index (χ4v) is 1.60. The van der Waals surface area contributed by atoms with Crippen molar-refractivity contribution in [2.45, 2.75) is 6.42 Å². The zero-order chi connectivity index (χ0) is 14.5. The van der Waals surface area contributed by atoms with Crippen LogP contribution < -0.4 is 14.9 Å². The van der Waals surface area contributed by atoms with Crippen molar-refractivity contribution in [3.8, 4) is 11.5 Å². The Balaban J connectivity index is 2.76. The summed E-state index contributed by atoms with van der Waals surface area (Å²) in [6, 6.07) is 3.74. The van der Waals surface area contributed by atoms with Crippen LogP contribution in [0.4, 0.5) is 12.9 Å². The molecule has 0 atom stereocenters. The van der Waals surface area contributed by atoms with Crippen LogP contribution >= 0.6 is 0 Å². The summed E-state index contributed by atoms with van der Waals surface area (Å²) in [4.78, 5) is 1.95. The Morgan fingerprint density at radius 2 is 1.89 bits per heavy atom. The highest BCUT2D eigenvalue weighted by Gasteiger charge is 2.29. The van der Waals surface area contributed by atoms with Gasteiger partial charge in [-0.3, -0.25) is 0 Å². The van der Waals surface area contributed by atoms with Gasteiger partial charge in [-0.2, -0.15) is 0 Å². The van der Waals surface area contributed by atoms with Crippen LogP contribution in [-0.2, 0) is 0 Å². The van der Waals surface area contributed by atoms with Crippen molar-refractivity contribution < 1.29 is 22.4 Å². The average Bonchev–Trinajstić information content (AvgIpc) is 2.33. The summed E-state index contributed by atoms with van der Waals surface area (Å²) in [5.74, 6) is 0.0434. The molecule has 0 fully saturated rings. The van der Waals surface area contributed by atoms with Gasteiger partial charge in [0, 0.05) is 6.54 Å². The SMILES string of the molecule is COc1ccc(OCCCN(C)C)c([B-](F)(F)F)c1. The maximum Gasteiger partial charge on any atom is 0.513 e. The maximum atomic E-state index is 12.9. The third-order valence-corrected chi connectivity index (χ3v) is 2.58. The van der Waals surface area contributed by atoms with Crippen LogP contribution in [0.3, 0.4) is 0 Å². The van der Waals surface area contributed by atoms with Crippen LogP contribution in [0.2, 0.25) is 0 Å². The largest absolute Gasteiger partial charge is 0.513 e. The Morgan fingerprint density at radius 1 is 1.21 bits per heavy atom. The fraction of sp³-hybridized carbons (Fsp3) is 0.500. The van der Waals surface area contributed by atoms with Crippen molar-refractivity contribution in [1.29, 1.82) is 0 Å². The lowest BCUT2D eigenvalue weighted by atomic mass is 9.79. The van der Waals surface area contributed by atoms with Gasteiger partial charge in [0.05, 0.1) is 19.5 Å². The molecular weight excluding hydrogens is 258 g/mol. The Kier molecular flexibility index (Phi) is 5.53. The van der Waals surface area contributed by atoms with Gasteiger partial charge in [0.2, 0.25) is 0 Å². The number of hydrogen-bond acceptors (Lipinski definition) is 3. The number of hydrogen-bond donors (Lipinski definition) is 0. The molecule has 0 bridgehead atoms. The van der Waals surface area contributed by atoms with Gasteiger partial charge in [-0.05, 0) is 38.7 Å². The van der Waals surface area contributed by atoms with E-state index in [1.54, 1.807) is 0 Å². The Hall–Kier alpha value is -1.37. The molecule has 108 valence electrons. The molecule has 0 radical (unpaired) electrons. The number of ether oxygens (including phenoxy) is 2. The van der Waals surface area contributed by atoms with Crippen molar-refractivity contribution in [2.75, 3.05) is 34.4 Å². The van der Waals surface area contributed by atoms with Gasteiger partial charge in [-0.15, -0.1) is 0 Å². The molecule has 0 saturated heterocycles. The summed E-state index contributed by atoms with van der Waals surface area (Å²) in [5.41, 5.74) is -0.746. The van der Waals surface area contributed by atoms with Crippen LogP contribution in [0.25, 0.3) is 0 Å². The van der Waals surface area contributed by atoms with Crippen molar-refractivity contribution in [2.24, 2.45) is 0 Å². The molecule has 0 unspecified atom stereocenters. The van der Waals surface area contributed by atoms with E-state index in [4.69, 9.17) is 9.47 Å². The van der Waals surface area contributed by atoms with Crippen LogP contribution in [0.5, 0.6) is 11.5 Å². The van der Waals surface area contributed by atoms with Gasteiger partial charge in [-0.25, -0.2) is 0 Å². The third-order valence-electron chi connectivity index (χ3n) is 2.58. The van der Waals surface area contributed by atoms with Crippen molar-refractivity contribution in [3.63, 3.8) is 0 Å². The minimum absolute atomic E-state index is 0.132.